The number of aromatic amines is 1. The lowest BCUT2D eigenvalue weighted by molar-refractivity contribution is 0.625. The minimum absolute atomic E-state index is 0.0894. The van der Waals surface area contributed by atoms with E-state index in [1.54, 1.807) is 0 Å². The van der Waals surface area contributed by atoms with Gasteiger partial charge in [-0.05, 0) is 19.3 Å². The number of nitrogens with two attached hydrogens (primary N) is 1. The van der Waals surface area contributed by atoms with Crippen molar-refractivity contribution in [1.29, 1.82) is 0 Å². The van der Waals surface area contributed by atoms with E-state index in [1.807, 2.05) is 0 Å². The Morgan fingerprint density at radius 3 is 3.06 bits per heavy atom. The van der Waals surface area contributed by atoms with Crippen molar-refractivity contribution >= 4 is 5.82 Å². The van der Waals surface area contributed by atoms with Crippen LogP contribution in [0.25, 0.3) is 0 Å². The van der Waals surface area contributed by atoms with Gasteiger partial charge in [-0.25, -0.2) is 4.98 Å². The molecule has 2 rings (SSSR count). The van der Waals surface area contributed by atoms with Crippen molar-refractivity contribution in [2.24, 2.45) is 5.73 Å². The molecule has 5 heteroatoms. The van der Waals surface area contributed by atoms with Crippen molar-refractivity contribution in [2.45, 2.75) is 44.6 Å². The van der Waals surface area contributed by atoms with Crippen LogP contribution < -0.4 is 16.6 Å². The first-order chi connectivity index (χ1) is 8.19. The third-order valence-electron chi connectivity index (χ3n) is 2.93. The fourth-order valence-electron chi connectivity index (χ4n) is 1.83. The van der Waals surface area contributed by atoms with Crippen LogP contribution in [0.1, 0.15) is 44.3 Å². The summed E-state index contributed by atoms with van der Waals surface area (Å²) in [5, 5.41) is 3.14. The zero-order chi connectivity index (χ0) is 12.3. The van der Waals surface area contributed by atoms with Crippen LogP contribution in [0.15, 0.2) is 10.9 Å². The van der Waals surface area contributed by atoms with Crippen LogP contribution in [0.2, 0.25) is 0 Å². The second kappa shape index (κ2) is 5.31. The summed E-state index contributed by atoms with van der Waals surface area (Å²) in [7, 11) is 0. The Balaban J connectivity index is 1.97. The molecular formula is C12H20N4O. The van der Waals surface area contributed by atoms with Crippen LogP contribution in [-0.4, -0.2) is 22.6 Å². The molecule has 1 aromatic heterocycles. The van der Waals surface area contributed by atoms with Crippen molar-refractivity contribution in [2.75, 3.05) is 11.9 Å². The molecule has 1 fully saturated rings. The second-order valence-corrected chi connectivity index (χ2v) is 4.72. The molecule has 1 unspecified atom stereocenters. The highest BCUT2D eigenvalue weighted by Gasteiger charge is 2.26. The van der Waals surface area contributed by atoms with Gasteiger partial charge in [-0.2, -0.15) is 0 Å². The molecule has 1 heterocycles. The van der Waals surface area contributed by atoms with E-state index in [2.05, 4.69) is 22.2 Å². The van der Waals surface area contributed by atoms with Crippen molar-refractivity contribution < 1.29 is 0 Å². The molecule has 1 saturated carbocycles. The summed E-state index contributed by atoms with van der Waals surface area (Å²) >= 11 is 0. The topological polar surface area (TPSA) is 83.8 Å². The Labute approximate surface area is 101 Å². The van der Waals surface area contributed by atoms with E-state index >= 15 is 0 Å². The van der Waals surface area contributed by atoms with Gasteiger partial charge in [-0.3, -0.25) is 4.79 Å². The average Bonchev–Trinajstić information content (AvgIpc) is 3.10. The van der Waals surface area contributed by atoms with Gasteiger partial charge >= 0.3 is 0 Å². The average molecular weight is 236 g/mol. The maximum atomic E-state index is 11.4. The largest absolute Gasteiger partial charge is 0.368 e. The molecule has 1 aromatic rings. The van der Waals surface area contributed by atoms with Gasteiger partial charge < -0.3 is 16.0 Å². The van der Waals surface area contributed by atoms with Gasteiger partial charge in [-0.1, -0.05) is 13.3 Å². The van der Waals surface area contributed by atoms with E-state index in [1.165, 1.54) is 6.07 Å². The predicted octanol–water partition coefficient (Wildman–Crippen LogP) is 1.19. The van der Waals surface area contributed by atoms with Gasteiger partial charge in [-0.15, -0.1) is 0 Å². The molecule has 1 aliphatic rings. The van der Waals surface area contributed by atoms with Crippen LogP contribution in [0.4, 0.5) is 5.82 Å². The number of anilines is 1. The van der Waals surface area contributed by atoms with Gasteiger partial charge in [0.05, 0.1) is 0 Å². The summed E-state index contributed by atoms with van der Waals surface area (Å²) in [5.41, 5.74) is 5.81. The number of hydrogen-bond acceptors (Lipinski definition) is 4. The van der Waals surface area contributed by atoms with Crippen LogP contribution >= 0.6 is 0 Å². The lowest BCUT2D eigenvalue weighted by Crippen LogP contribution is -2.29. The molecule has 0 saturated heterocycles. The molecule has 0 amide bonds. The summed E-state index contributed by atoms with van der Waals surface area (Å²) in [6.45, 7) is 2.77. The van der Waals surface area contributed by atoms with Gasteiger partial charge in [0, 0.05) is 24.6 Å². The van der Waals surface area contributed by atoms with Gasteiger partial charge in [0.2, 0.25) is 0 Å². The third kappa shape index (κ3) is 3.56. The summed E-state index contributed by atoms with van der Waals surface area (Å²) in [6, 6.07) is 1.61. The normalized spacial score (nSPS) is 16.8. The van der Waals surface area contributed by atoms with E-state index in [0.29, 0.717) is 18.3 Å². The molecule has 1 aliphatic carbocycles. The molecular weight excluding hydrogens is 216 g/mol. The monoisotopic (exact) mass is 236 g/mol. The molecule has 0 bridgehead atoms. The second-order valence-electron chi connectivity index (χ2n) is 4.72. The number of nitrogens with zero attached hydrogens (tertiary/aromatic N) is 1. The fraction of sp³-hybridized carbons (Fsp3) is 0.667. The summed E-state index contributed by atoms with van der Waals surface area (Å²) in [6.07, 6.45) is 4.30. The molecule has 0 radical (unpaired) electrons. The molecule has 0 aliphatic heterocycles. The molecule has 17 heavy (non-hydrogen) atoms. The van der Waals surface area contributed by atoms with Crippen LogP contribution in [0.5, 0.6) is 0 Å². The molecule has 5 nitrogen and oxygen atoms in total. The van der Waals surface area contributed by atoms with Crippen LogP contribution in [0.3, 0.4) is 0 Å². The molecule has 94 valence electrons. The minimum atomic E-state index is -0.0894. The van der Waals surface area contributed by atoms with Crippen molar-refractivity contribution in [3.63, 3.8) is 0 Å². The van der Waals surface area contributed by atoms with E-state index in [4.69, 9.17) is 5.73 Å². The SMILES string of the molecule is CCCC(N)CNc1cc(=O)[nH]c(C2CC2)n1. The number of nitrogens with one attached hydrogen (secondary N) is 2. The molecule has 4 N–H and O–H groups in total. The Morgan fingerprint density at radius 1 is 1.65 bits per heavy atom. The van der Waals surface area contributed by atoms with Gasteiger partial charge in [0.1, 0.15) is 11.6 Å². The van der Waals surface area contributed by atoms with E-state index in [0.717, 1.165) is 31.5 Å². The Bertz CT molecular complexity index is 425. The van der Waals surface area contributed by atoms with Gasteiger partial charge in [0.25, 0.3) is 5.56 Å². The smallest absolute Gasteiger partial charge is 0.252 e. The number of hydrogen-bond donors (Lipinski definition) is 3. The maximum absolute atomic E-state index is 11.4. The highest BCUT2D eigenvalue weighted by atomic mass is 16.1. The summed E-state index contributed by atoms with van der Waals surface area (Å²) in [5.74, 6) is 1.90. The molecule has 0 spiro atoms. The fourth-order valence-corrected chi connectivity index (χ4v) is 1.83. The predicted molar refractivity (Wildman–Crippen MR) is 68.2 cm³/mol. The van der Waals surface area contributed by atoms with Crippen LogP contribution in [0, 0.1) is 0 Å². The third-order valence-corrected chi connectivity index (χ3v) is 2.93. The lowest BCUT2D eigenvalue weighted by Gasteiger charge is -2.12. The Morgan fingerprint density at radius 2 is 2.41 bits per heavy atom. The highest BCUT2D eigenvalue weighted by Crippen LogP contribution is 2.37. The van der Waals surface area contributed by atoms with E-state index < -0.39 is 0 Å². The molecule has 1 atom stereocenters. The summed E-state index contributed by atoms with van der Waals surface area (Å²) < 4.78 is 0. The zero-order valence-electron chi connectivity index (χ0n) is 10.2. The standard InChI is InChI=1S/C12H20N4O/c1-2-3-9(13)7-14-10-6-11(17)16-12(15-10)8-4-5-8/h6,8-9H,2-5,7,13H2,1H3,(H2,14,15,16,17). The first-order valence-corrected chi connectivity index (χ1v) is 6.29. The maximum Gasteiger partial charge on any atom is 0.252 e. The minimum Gasteiger partial charge on any atom is -0.368 e. The Kier molecular flexibility index (Phi) is 3.78. The zero-order valence-corrected chi connectivity index (χ0v) is 10.2. The summed E-state index contributed by atoms with van der Waals surface area (Å²) in [4.78, 5) is 18.6. The van der Waals surface area contributed by atoms with Gasteiger partial charge in [0.15, 0.2) is 0 Å². The van der Waals surface area contributed by atoms with Crippen molar-refractivity contribution in [3.8, 4) is 0 Å². The molecule has 0 aromatic carbocycles. The van der Waals surface area contributed by atoms with Crippen molar-refractivity contribution in [1.82, 2.24) is 9.97 Å². The quantitative estimate of drug-likeness (QED) is 0.692. The lowest BCUT2D eigenvalue weighted by atomic mass is 10.2. The van der Waals surface area contributed by atoms with E-state index in [-0.39, 0.29) is 11.6 Å². The first kappa shape index (κ1) is 12.1. The number of rotatable bonds is 6. The number of H-pyrrole nitrogens is 1. The highest BCUT2D eigenvalue weighted by molar-refractivity contribution is 5.34. The first-order valence-electron chi connectivity index (χ1n) is 6.29. The number of aromatic nitrogens is 2. The van der Waals surface area contributed by atoms with Crippen molar-refractivity contribution in [3.05, 3.63) is 22.2 Å². The van der Waals surface area contributed by atoms with Crippen LogP contribution in [-0.2, 0) is 0 Å². The Hall–Kier alpha value is -1.36. The van der Waals surface area contributed by atoms with E-state index in [9.17, 15) is 4.79 Å².